The molecule has 0 saturated carbocycles. The standard InChI is InChI=1S/C14H21N3O4/c1-9(2)13(14(15)18)16-10(3)8-21-12-6-4-11(5-7-12)17(19)20/h4-7,9-10,13,16H,8H2,1-3H3,(H2,15,18)/t10?,13-/m0/s1. The third-order valence-electron chi connectivity index (χ3n) is 2.98. The number of benzene rings is 1. The highest BCUT2D eigenvalue weighted by molar-refractivity contribution is 5.80. The lowest BCUT2D eigenvalue weighted by Gasteiger charge is -2.23. The number of ether oxygens (including phenoxy) is 1. The molecule has 1 unspecified atom stereocenters. The number of nitro groups is 1. The minimum atomic E-state index is -0.464. The quantitative estimate of drug-likeness (QED) is 0.557. The summed E-state index contributed by atoms with van der Waals surface area (Å²) in [4.78, 5) is 21.4. The summed E-state index contributed by atoms with van der Waals surface area (Å²) in [5.74, 6) is 0.228. The van der Waals surface area contributed by atoms with E-state index in [0.717, 1.165) is 0 Å². The van der Waals surface area contributed by atoms with E-state index in [1.54, 1.807) is 12.1 Å². The third-order valence-corrected chi connectivity index (χ3v) is 2.98. The van der Waals surface area contributed by atoms with Crippen LogP contribution in [0, 0.1) is 16.0 Å². The van der Waals surface area contributed by atoms with E-state index in [0.29, 0.717) is 12.4 Å². The largest absolute Gasteiger partial charge is 0.492 e. The zero-order chi connectivity index (χ0) is 16.0. The molecular formula is C14H21N3O4. The van der Waals surface area contributed by atoms with Gasteiger partial charge < -0.3 is 10.5 Å². The SMILES string of the molecule is CC(COc1ccc([N+](=O)[O-])cc1)N[C@H](C(N)=O)C(C)C. The van der Waals surface area contributed by atoms with Gasteiger partial charge in [0.05, 0.1) is 11.0 Å². The van der Waals surface area contributed by atoms with Crippen molar-refractivity contribution >= 4 is 11.6 Å². The summed E-state index contributed by atoms with van der Waals surface area (Å²) in [5.41, 5.74) is 5.35. The molecule has 21 heavy (non-hydrogen) atoms. The topological polar surface area (TPSA) is 107 Å². The highest BCUT2D eigenvalue weighted by Crippen LogP contribution is 2.17. The van der Waals surface area contributed by atoms with Crippen molar-refractivity contribution in [1.82, 2.24) is 5.32 Å². The number of nitro benzene ring substituents is 1. The summed E-state index contributed by atoms with van der Waals surface area (Å²) in [6.45, 7) is 6.02. The second kappa shape index (κ2) is 7.58. The van der Waals surface area contributed by atoms with Crippen LogP contribution in [-0.2, 0) is 4.79 Å². The molecule has 116 valence electrons. The Hall–Kier alpha value is -2.15. The van der Waals surface area contributed by atoms with Crippen LogP contribution in [0.15, 0.2) is 24.3 Å². The van der Waals surface area contributed by atoms with Crippen LogP contribution in [-0.4, -0.2) is 29.5 Å². The van der Waals surface area contributed by atoms with Gasteiger partial charge in [0.1, 0.15) is 12.4 Å². The summed E-state index contributed by atoms with van der Waals surface area (Å²) in [5, 5.41) is 13.6. The predicted molar refractivity (Wildman–Crippen MR) is 79.0 cm³/mol. The molecule has 1 aromatic rings. The fraction of sp³-hybridized carbons (Fsp3) is 0.500. The number of amides is 1. The number of hydrogen-bond donors (Lipinski definition) is 2. The van der Waals surface area contributed by atoms with E-state index in [-0.39, 0.29) is 17.6 Å². The van der Waals surface area contributed by atoms with Crippen LogP contribution in [0.25, 0.3) is 0 Å². The van der Waals surface area contributed by atoms with Crippen LogP contribution in [0.4, 0.5) is 5.69 Å². The van der Waals surface area contributed by atoms with Gasteiger partial charge in [-0.15, -0.1) is 0 Å². The summed E-state index contributed by atoms with van der Waals surface area (Å²) >= 11 is 0. The number of primary amides is 1. The van der Waals surface area contributed by atoms with Crippen molar-refractivity contribution in [2.75, 3.05) is 6.61 Å². The van der Waals surface area contributed by atoms with Crippen molar-refractivity contribution in [3.05, 3.63) is 34.4 Å². The second-order valence-electron chi connectivity index (χ2n) is 5.25. The molecule has 2 atom stereocenters. The van der Waals surface area contributed by atoms with Gasteiger partial charge in [0.25, 0.3) is 5.69 Å². The Balaban J connectivity index is 2.50. The number of rotatable bonds is 8. The molecule has 0 bridgehead atoms. The van der Waals surface area contributed by atoms with Crippen LogP contribution < -0.4 is 15.8 Å². The molecule has 1 aromatic carbocycles. The fourth-order valence-electron chi connectivity index (χ4n) is 1.84. The maximum Gasteiger partial charge on any atom is 0.269 e. The number of nitrogens with one attached hydrogen (secondary N) is 1. The Morgan fingerprint density at radius 1 is 1.33 bits per heavy atom. The van der Waals surface area contributed by atoms with E-state index in [2.05, 4.69) is 5.32 Å². The Kier molecular flexibility index (Phi) is 6.10. The third kappa shape index (κ3) is 5.39. The van der Waals surface area contributed by atoms with Gasteiger partial charge in [0.15, 0.2) is 0 Å². The van der Waals surface area contributed by atoms with E-state index in [4.69, 9.17) is 10.5 Å². The van der Waals surface area contributed by atoms with Gasteiger partial charge >= 0.3 is 0 Å². The molecule has 0 saturated heterocycles. The van der Waals surface area contributed by atoms with Gasteiger partial charge in [-0.3, -0.25) is 20.2 Å². The molecule has 0 fully saturated rings. The van der Waals surface area contributed by atoms with Crippen molar-refractivity contribution in [2.24, 2.45) is 11.7 Å². The van der Waals surface area contributed by atoms with E-state index in [9.17, 15) is 14.9 Å². The normalized spacial score (nSPS) is 13.7. The van der Waals surface area contributed by atoms with Gasteiger partial charge in [-0.05, 0) is 25.0 Å². The summed E-state index contributed by atoms with van der Waals surface area (Å²) < 4.78 is 5.53. The number of non-ortho nitro benzene ring substituents is 1. The molecule has 0 aliphatic carbocycles. The molecule has 0 aromatic heterocycles. The zero-order valence-corrected chi connectivity index (χ0v) is 12.4. The first-order chi connectivity index (χ1) is 9.81. The first kappa shape index (κ1) is 16.9. The highest BCUT2D eigenvalue weighted by atomic mass is 16.6. The van der Waals surface area contributed by atoms with E-state index >= 15 is 0 Å². The number of nitrogens with zero attached hydrogens (tertiary/aromatic N) is 1. The number of nitrogens with two attached hydrogens (primary N) is 1. The smallest absolute Gasteiger partial charge is 0.269 e. The molecule has 0 aliphatic heterocycles. The number of hydrogen-bond acceptors (Lipinski definition) is 5. The van der Waals surface area contributed by atoms with Crippen LogP contribution in [0.1, 0.15) is 20.8 Å². The molecule has 3 N–H and O–H groups in total. The molecule has 0 spiro atoms. The molecular weight excluding hydrogens is 274 g/mol. The highest BCUT2D eigenvalue weighted by Gasteiger charge is 2.21. The minimum absolute atomic E-state index is 0.0159. The van der Waals surface area contributed by atoms with Crippen molar-refractivity contribution in [1.29, 1.82) is 0 Å². The minimum Gasteiger partial charge on any atom is -0.492 e. The molecule has 0 radical (unpaired) electrons. The van der Waals surface area contributed by atoms with Crippen LogP contribution in [0.2, 0.25) is 0 Å². The number of carbonyl (C=O) groups is 1. The molecule has 0 aliphatic rings. The van der Waals surface area contributed by atoms with Gasteiger partial charge in [-0.2, -0.15) is 0 Å². The maximum atomic E-state index is 11.3. The first-order valence-electron chi connectivity index (χ1n) is 6.74. The molecule has 1 rings (SSSR count). The Morgan fingerprint density at radius 2 is 1.90 bits per heavy atom. The second-order valence-corrected chi connectivity index (χ2v) is 5.25. The maximum absolute atomic E-state index is 11.3. The van der Waals surface area contributed by atoms with Gasteiger partial charge in [0, 0.05) is 18.2 Å². The zero-order valence-electron chi connectivity index (χ0n) is 12.4. The lowest BCUT2D eigenvalue weighted by atomic mass is 10.0. The average molecular weight is 295 g/mol. The van der Waals surface area contributed by atoms with Gasteiger partial charge in [-0.25, -0.2) is 0 Å². The average Bonchev–Trinajstić information content (AvgIpc) is 2.42. The first-order valence-corrected chi connectivity index (χ1v) is 6.74. The van der Waals surface area contributed by atoms with E-state index in [1.165, 1.54) is 12.1 Å². The molecule has 1 amide bonds. The van der Waals surface area contributed by atoms with E-state index < -0.39 is 16.9 Å². The van der Waals surface area contributed by atoms with Crippen LogP contribution in [0.5, 0.6) is 5.75 Å². The van der Waals surface area contributed by atoms with Crippen molar-refractivity contribution < 1.29 is 14.5 Å². The van der Waals surface area contributed by atoms with Crippen LogP contribution >= 0.6 is 0 Å². The summed E-state index contributed by atoms with van der Waals surface area (Å²) in [6.07, 6.45) is 0. The van der Waals surface area contributed by atoms with Crippen molar-refractivity contribution in [3.8, 4) is 5.75 Å². The Labute approximate surface area is 123 Å². The lowest BCUT2D eigenvalue weighted by Crippen LogP contribution is -2.50. The van der Waals surface area contributed by atoms with Gasteiger partial charge in [-0.1, -0.05) is 13.8 Å². The number of carbonyl (C=O) groups excluding carboxylic acids is 1. The van der Waals surface area contributed by atoms with Gasteiger partial charge in [0.2, 0.25) is 5.91 Å². The fourth-order valence-corrected chi connectivity index (χ4v) is 1.84. The lowest BCUT2D eigenvalue weighted by molar-refractivity contribution is -0.384. The molecule has 7 heteroatoms. The Bertz CT molecular complexity index is 487. The summed E-state index contributed by atoms with van der Waals surface area (Å²) in [6, 6.07) is 5.35. The van der Waals surface area contributed by atoms with Crippen molar-refractivity contribution in [2.45, 2.75) is 32.9 Å². The summed E-state index contributed by atoms with van der Waals surface area (Å²) in [7, 11) is 0. The van der Waals surface area contributed by atoms with Crippen LogP contribution in [0.3, 0.4) is 0 Å². The molecule has 0 heterocycles. The van der Waals surface area contributed by atoms with Crippen molar-refractivity contribution in [3.63, 3.8) is 0 Å². The molecule has 7 nitrogen and oxygen atoms in total. The monoisotopic (exact) mass is 295 g/mol. The van der Waals surface area contributed by atoms with E-state index in [1.807, 2.05) is 20.8 Å². The Morgan fingerprint density at radius 3 is 2.33 bits per heavy atom. The predicted octanol–water partition coefficient (Wildman–Crippen LogP) is 1.46.